The van der Waals surface area contributed by atoms with Crippen molar-refractivity contribution in [2.75, 3.05) is 0 Å². The molecular formula is C28H48O. The third-order valence-corrected chi connectivity index (χ3v) is 10.2. The summed E-state index contributed by atoms with van der Waals surface area (Å²) in [6.45, 7) is 12.4. The van der Waals surface area contributed by atoms with Crippen LogP contribution in [0.5, 0.6) is 0 Å². The van der Waals surface area contributed by atoms with Gasteiger partial charge in [0.05, 0.1) is 6.10 Å². The lowest BCUT2D eigenvalue weighted by Gasteiger charge is -2.54. The molecule has 0 unspecified atom stereocenters. The van der Waals surface area contributed by atoms with Crippen molar-refractivity contribution >= 4 is 0 Å². The normalized spacial score (nSPS) is 43.1. The van der Waals surface area contributed by atoms with E-state index in [-0.39, 0.29) is 6.10 Å². The maximum atomic E-state index is 10.3. The highest BCUT2D eigenvalue weighted by Crippen LogP contribution is 2.65. The molecule has 0 aromatic heterocycles. The molecule has 0 amide bonds. The summed E-state index contributed by atoms with van der Waals surface area (Å²) in [5.41, 5.74) is 4.16. The van der Waals surface area contributed by atoms with E-state index in [0.29, 0.717) is 5.41 Å². The summed E-state index contributed by atoms with van der Waals surface area (Å²) in [6.07, 6.45) is 16.1. The smallest absolute Gasteiger partial charge is 0.0580 e. The molecule has 1 heteroatoms. The number of hydrogen-bond acceptors (Lipinski definition) is 1. The van der Waals surface area contributed by atoms with E-state index in [1.165, 1.54) is 64.2 Å². The highest BCUT2D eigenvalue weighted by atomic mass is 16.3. The van der Waals surface area contributed by atoms with Gasteiger partial charge in [-0.2, -0.15) is 0 Å². The molecule has 4 aliphatic carbocycles. The lowest BCUT2D eigenvalue weighted by atomic mass is 9.50. The number of aliphatic hydroxyl groups is 1. The minimum absolute atomic E-state index is 0.0595. The molecule has 0 bridgehead atoms. The van der Waals surface area contributed by atoms with Crippen molar-refractivity contribution in [2.45, 2.75) is 118 Å². The molecule has 1 N–H and O–H groups in total. The van der Waals surface area contributed by atoms with Gasteiger partial charge in [0.25, 0.3) is 0 Å². The Hall–Kier alpha value is -0.300. The highest BCUT2D eigenvalue weighted by Gasteiger charge is 2.56. The van der Waals surface area contributed by atoms with E-state index in [1.54, 1.807) is 5.57 Å². The molecule has 4 aliphatic rings. The zero-order valence-electron chi connectivity index (χ0n) is 20.1. The Morgan fingerprint density at radius 1 is 1.03 bits per heavy atom. The van der Waals surface area contributed by atoms with Crippen LogP contribution in [-0.2, 0) is 0 Å². The van der Waals surface area contributed by atoms with Gasteiger partial charge >= 0.3 is 0 Å². The Morgan fingerprint density at radius 3 is 2.55 bits per heavy atom. The van der Waals surface area contributed by atoms with Crippen LogP contribution in [0.1, 0.15) is 112 Å². The second-order valence-corrected chi connectivity index (χ2v) is 12.2. The topological polar surface area (TPSA) is 20.2 Å². The van der Waals surface area contributed by atoms with Crippen LogP contribution in [0.2, 0.25) is 0 Å². The molecular weight excluding hydrogens is 352 g/mol. The van der Waals surface area contributed by atoms with Gasteiger partial charge in [-0.25, -0.2) is 0 Å². The summed E-state index contributed by atoms with van der Waals surface area (Å²) >= 11 is 0. The molecule has 2 fully saturated rings. The predicted octanol–water partition coefficient (Wildman–Crippen LogP) is 7.78. The van der Waals surface area contributed by atoms with E-state index in [9.17, 15) is 5.11 Å². The number of rotatable bonds is 6. The summed E-state index contributed by atoms with van der Waals surface area (Å²) in [4.78, 5) is 0. The lowest BCUT2D eigenvalue weighted by Crippen LogP contribution is -2.46. The Labute approximate surface area is 181 Å². The van der Waals surface area contributed by atoms with Crippen LogP contribution < -0.4 is 0 Å². The van der Waals surface area contributed by atoms with Crippen LogP contribution in [0, 0.1) is 46.8 Å². The maximum Gasteiger partial charge on any atom is 0.0580 e. The largest absolute Gasteiger partial charge is 0.393 e. The third kappa shape index (κ3) is 3.99. The first-order valence-corrected chi connectivity index (χ1v) is 13.2. The Balaban J connectivity index is 1.51. The number of aliphatic hydroxyl groups excluding tert-OH is 1. The summed E-state index contributed by atoms with van der Waals surface area (Å²) in [7, 11) is 0. The zero-order chi connectivity index (χ0) is 20.8. The van der Waals surface area contributed by atoms with Crippen LogP contribution in [0.25, 0.3) is 0 Å². The second kappa shape index (κ2) is 8.68. The van der Waals surface area contributed by atoms with E-state index >= 15 is 0 Å². The van der Waals surface area contributed by atoms with E-state index in [4.69, 9.17) is 0 Å². The molecule has 0 aromatic rings. The minimum Gasteiger partial charge on any atom is -0.393 e. The highest BCUT2D eigenvalue weighted by molar-refractivity contribution is 5.29. The Kier molecular flexibility index (Phi) is 6.56. The molecule has 0 aliphatic heterocycles. The summed E-state index contributed by atoms with van der Waals surface area (Å²) in [6, 6.07) is 0. The van der Waals surface area contributed by atoms with Gasteiger partial charge in [0.2, 0.25) is 0 Å². The van der Waals surface area contributed by atoms with Crippen LogP contribution >= 0.6 is 0 Å². The molecule has 8 atom stereocenters. The summed E-state index contributed by atoms with van der Waals surface area (Å²) in [5, 5.41) is 10.3. The predicted molar refractivity (Wildman–Crippen MR) is 124 cm³/mol. The molecule has 4 rings (SSSR count). The van der Waals surface area contributed by atoms with Gasteiger partial charge < -0.3 is 5.11 Å². The first kappa shape index (κ1) is 21.9. The SMILES string of the molecule is CC[C@@H]1C[C@@H]2[C@H](CC[C@]3(C)[C@@H]([C@H](C)CCCC(C)C)CC[C@@H]23)C2=C1C[C@@H](O)CC2. The van der Waals surface area contributed by atoms with Crippen LogP contribution in [-0.4, -0.2) is 11.2 Å². The monoisotopic (exact) mass is 400 g/mol. The van der Waals surface area contributed by atoms with Crippen molar-refractivity contribution in [2.24, 2.45) is 46.8 Å². The van der Waals surface area contributed by atoms with Gasteiger partial charge in [-0.05, 0) is 105 Å². The quantitative estimate of drug-likeness (QED) is 0.451. The fourth-order valence-electron chi connectivity index (χ4n) is 8.78. The molecule has 0 saturated heterocycles. The van der Waals surface area contributed by atoms with Crippen molar-refractivity contribution < 1.29 is 5.11 Å². The summed E-state index contributed by atoms with van der Waals surface area (Å²) in [5.74, 6) is 6.28. The van der Waals surface area contributed by atoms with E-state index in [0.717, 1.165) is 54.3 Å². The average molecular weight is 401 g/mol. The second-order valence-electron chi connectivity index (χ2n) is 12.2. The van der Waals surface area contributed by atoms with Gasteiger partial charge in [-0.15, -0.1) is 0 Å². The average Bonchev–Trinajstić information content (AvgIpc) is 3.04. The molecule has 2 saturated carbocycles. The minimum atomic E-state index is -0.0595. The molecule has 166 valence electrons. The zero-order valence-corrected chi connectivity index (χ0v) is 20.1. The van der Waals surface area contributed by atoms with E-state index in [2.05, 4.69) is 34.6 Å². The Morgan fingerprint density at radius 2 is 1.83 bits per heavy atom. The van der Waals surface area contributed by atoms with Gasteiger partial charge in [0.15, 0.2) is 0 Å². The fourth-order valence-corrected chi connectivity index (χ4v) is 8.78. The first-order valence-electron chi connectivity index (χ1n) is 13.2. The standard InChI is InChI=1S/C28H48O/c1-6-20-16-25-23(22-11-10-21(29)17-24(20)22)14-15-28(5)26(12-13-27(25)28)19(4)9-7-8-18(2)3/h18-21,23,25-27,29H,6-17H2,1-5H3/t19-,20-,21+,23-,25-,26-,27+,28-/m1/s1. The first-order chi connectivity index (χ1) is 13.8. The molecule has 0 heterocycles. The molecule has 29 heavy (non-hydrogen) atoms. The fraction of sp³-hybridized carbons (Fsp3) is 0.929. The van der Waals surface area contributed by atoms with Crippen molar-refractivity contribution in [1.82, 2.24) is 0 Å². The number of allylic oxidation sites excluding steroid dienone is 1. The Bertz CT molecular complexity index is 603. The van der Waals surface area contributed by atoms with Crippen molar-refractivity contribution in [3.8, 4) is 0 Å². The van der Waals surface area contributed by atoms with Crippen molar-refractivity contribution in [1.29, 1.82) is 0 Å². The van der Waals surface area contributed by atoms with Crippen LogP contribution in [0.4, 0.5) is 0 Å². The molecule has 1 nitrogen and oxygen atoms in total. The molecule has 0 aromatic carbocycles. The van der Waals surface area contributed by atoms with Gasteiger partial charge in [0.1, 0.15) is 0 Å². The maximum absolute atomic E-state index is 10.3. The van der Waals surface area contributed by atoms with Crippen LogP contribution in [0.3, 0.4) is 0 Å². The van der Waals surface area contributed by atoms with Gasteiger partial charge in [-0.1, -0.05) is 65.0 Å². The number of fused-ring (bicyclic) bond motifs is 4. The van der Waals surface area contributed by atoms with E-state index in [1.807, 2.05) is 5.57 Å². The summed E-state index contributed by atoms with van der Waals surface area (Å²) < 4.78 is 0. The van der Waals surface area contributed by atoms with Gasteiger partial charge in [-0.3, -0.25) is 0 Å². The van der Waals surface area contributed by atoms with Crippen molar-refractivity contribution in [3.05, 3.63) is 11.1 Å². The van der Waals surface area contributed by atoms with Crippen LogP contribution in [0.15, 0.2) is 11.1 Å². The molecule has 0 spiro atoms. The van der Waals surface area contributed by atoms with E-state index < -0.39 is 0 Å². The third-order valence-electron chi connectivity index (χ3n) is 10.2. The number of hydrogen-bond donors (Lipinski definition) is 1. The van der Waals surface area contributed by atoms with Crippen molar-refractivity contribution in [3.63, 3.8) is 0 Å². The molecule has 0 radical (unpaired) electrons. The van der Waals surface area contributed by atoms with Gasteiger partial charge in [0, 0.05) is 0 Å². The lowest BCUT2D eigenvalue weighted by molar-refractivity contribution is -0.0124.